The Kier molecular flexibility index (Phi) is 7.24. The van der Waals surface area contributed by atoms with E-state index in [1.165, 1.54) is 11.1 Å². The average Bonchev–Trinajstić information content (AvgIpc) is 3.15. The molecule has 1 saturated heterocycles. The number of benzene rings is 2. The molecular weight excluding hydrogens is 422 g/mol. The molecule has 1 aliphatic carbocycles. The normalized spacial score (nSPS) is 15.6. The molecule has 2 amide bonds. The van der Waals surface area contributed by atoms with Gasteiger partial charge in [0.1, 0.15) is 6.61 Å². The van der Waals surface area contributed by atoms with Crippen LogP contribution in [0, 0.1) is 0 Å². The van der Waals surface area contributed by atoms with Crippen molar-refractivity contribution in [2.75, 3.05) is 45.9 Å². The lowest BCUT2D eigenvalue weighted by atomic mass is 9.98. The van der Waals surface area contributed by atoms with E-state index >= 15 is 0 Å². The Bertz CT molecular complexity index is 971. The Balaban J connectivity index is 1.19. The monoisotopic (exact) mass is 451 g/mol. The Morgan fingerprint density at radius 2 is 1.52 bits per heavy atom. The molecule has 2 aromatic rings. The standard InChI is InChI=1S/C25H29N3O5/c29-23(28-15-13-27(14-16-28)12-10-24(30)31)9-11-26-25(32)33-17-22-20-7-3-1-5-18(20)19-6-2-4-8-21(19)22/h1-8,22H,9-17H2,(H,26,32)(H,30,31). The summed E-state index contributed by atoms with van der Waals surface area (Å²) in [6.45, 7) is 3.44. The van der Waals surface area contributed by atoms with Crippen molar-refractivity contribution in [1.82, 2.24) is 15.1 Å². The zero-order valence-corrected chi connectivity index (χ0v) is 18.5. The van der Waals surface area contributed by atoms with E-state index < -0.39 is 12.1 Å². The summed E-state index contributed by atoms with van der Waals surface area (Å²) in [5.74, 6) is -0.832. The summed E-state index contributed by atoms with van der Waals surface area (Å²) in [7, 11) is 0. The molecule has 0 radical (unpaired) electrons. The van der Waals surface area contributed by atoms with Gasteiger partial charge in [0.25, 0.3) is 0 Å². The molecular formula is C25H29N3O5. The second-order valence-corrected chi connectivity index (χ2v) is 8.37. The third kappa shape index (κ3) is 5.51. The van der Waals surface area contributed by atoms with Crippen molar-refractivity contribution in [2.24, 2.45) is 0 Å². The fraction of sp³-hybridized carbons (Fsp3) is 0.400. The van der Waals surface area contributed by atoms with Crippen LogP contribution in [-0.2, 0) is 14.3 Å². The molecule has 1 heterocycles. The number of fused-ring (bicyclic) bond motifs is 3. The van der Waals surface area contributed by atoms with Crippen molar-refractivity contribution in [3.63, 3.8) is 0 Å². The highest BCUT2D eigenvalue weighted by molar-refractivity contribution is 5.79. The zero-order chi connectivity index (χ0) is 23.2. The summed E-state index contributed by atoms with van der Waals surface area (Å²) >= 11 is 0. The lowest BCUT2D eigenvalue weighted by Gasteiger charge is -2.34. The van der Waals surface area contributed by atoms with Crippen molar-refractivity contribution in [1.29, 1.82) is 0 Å². The molecule has 4 rings (SSSR count). The maximum atomic E-state index is 12.4. The summed E-state index contributed by atoms with van der Waals surface area (Å²) in [6.07, 6.45) is -0.208. The van der Waals surface area contributed by atoms with E-state index in [0.717, 1.165) is 11.1 Å². The molecule has 8 nitrogen and oxygen atoms in total. The number of carbonyl (C=O) groups is 3. The van der Waals surface area contributed by atoms with Crippen LogP contribution in [0.2, 0.25) is 0 Å². The number of carboxylic acid groups (broad SMARTS) is 1. The van der Waals surface area contributed by atoms with E-state index in [1.807, 2.05) is 29.2 Å². The summed E-state index contributed by atoms with van der Waals surface area (Å²) in [6, 6.07) is 16.3. The number of piperazine rings is 1. The first-order chi connectivity index (χ1) is 16.0. The fourth-order valence-corrected chi connectivity index (χ4v) is 4.55. The number of nitrogens with zero attached hydrogens (tertiary/aromatic N) is 2. The summed E-state index contributed by atoms with van der Waals surface area (Å²) < 4.78 is 5.50. The fourth-order valence-electron chi connectivity index (χ4n) is 4.55. The highest BCUT2D eigenvalue weighted by atomic mass is 16.5. The Labute approximate surface area is 193 Å². The molecule has 1 fully saturated rings. The van der Waals surface area contributed by atoms with Crippen LogP contribution in [-0.4, -0.2) is 78.8 Å². The number of carbonyl (C=O) groups excluding carboxylic acids is 2. The lowest BCUT2D eigenvalue weighted by Crippen LogP contribution is -2.49. The zero-order valence-electron chi connectivity index (χ0n) is 18.5. The topological polar surface area (TPSA) is 99.2 Å². The number of hydrogen-bond acceptors (Lipinski definition) is 5. The number of hydrogen-bond donors (Lipinski definition) is 2. The molecule has 2 aliphatic rings. The number of rotatable bonds is 8. The molecule has 0 aromatic heterocycles. The van der Waals surface area contributed by atoms with Crippen LogP contribution >= 0.6 is 0 Å². The SMILES string of the molecule is O=C(O)CCN1CCN(C(=O)CCNC(=O)OCC2c3ccccc3-c3ccccc32)CC1. The molecule has 0 bridgehead atoms. The van der Waals surface area contributed by atoms with Gasteiger partial charge in [-0.25, -0.2) is 4.79 Å². The minimum absolute atomic E-state index is 0.00204. The Morgan fingerprint density at radius 3 is 2.12 bits per heavy atom. The first-order valence-corrected chi connectivity index (χ1v) is 11.3. The van der Waals surface area contributed by atoms with E-state index in [9.17, 15) is 14.4 Å². The van der Waals surface area contributed by atoms with Crippen LogP contribution < -0.4 is 5.32 Å². The number of carboxylic acids is 1. The van der Waals surface area contributed by atoms with E-state index in [0.29, 0.717) is 32.7 Å². The van der Waals surface area contributed by atoms with Crippen LogP contribution in [0.25, 0.3) is 11.1 Å². The second-order valence-electron chi connectivity index (χ2n) is 8.37. The predicted molar refractivity (Wildman–Crippen MR) is 123 cm³/mol. The van der Waals surface area contributed by atoms with Gasteiger partial charge in [0.05, 0.1) is 6.42 Å². The van der Waals surface area contributed by atoms with Crippen LogP contribution in [0.3, 0.4) is 0 Å². The predicted octanol–water partition coefficient (Wildman–Crippen LogP) is 2.53. The molecule has 174 valence electrons. The van der Waals surface area contributed by atoms with Crippen molar-refractivity contribution in [3.8, 4) is 11.1 Å². The number of nitrogens with one attached hydrogen (secondary N) is 1. The van der Waals surface area contributed by atoms with Gasteiger partial charge in [-0.05, 0) is 22.3 Å². The molecule has 33 heavy (non-hydrogen) atoms. The smallest absolute Gasteiger partial charge is 0.407 e. The van der Waals surface area contributed by atoms with Crippen molar-refractivity contribution >= 4 is 18.0 Å². The Hall–Kier alpha value is -3.39. The summed E-state index contributed by atoms with van der Waals surface area (Å²) in [5.41, 5.74) is 4.67. The lowest BCUT2D eigenvalue weighted by molar-refractivity contribution is -0.138. The molecule has 2 N–H and O–H groups in total. The summed E-state index contributed by atoms with van der Waals surface area (Å²) in [4.78, 5) is 39.1. The van der Waals surface area contributed by atoms with Gasteiger partial charge >= 0.3 is 12.1 Å². The van der Waals surface area contributed by atoms with Crippen LogP contribution in [0.15, 0.2) is 48.5 Å². The second kappa shape index (κ2) is 10.5. The highest BCUT2D eigenvalue weighted by Crippen LogP contribution is 2.44. The van der Waals surface area contributed by atoms with Crippen LogP contribution in [0.4, 0.5) is 4.79 Å². The van der Waals surface area contributed by atoms with E-state index in [1.54, 1.807) is 4.90 Å². The third-order valence-electron chi connectivity index (χ3n) is 6.32. The average molecular weight is 452 g/mol. The molecule has 0 spiro atoms. The third-order valence-corrected chi connectivity index (χ3v) is 6.32. The van der Waals surface area contributed by atoms with E-state index in [2.05, 4.69) is 29.6 Å². The van der Waals surface area contributed by atoms with Gasteiger partial charge in [0, 0.05) is 51.6 Å². The molecule has 8 heteroatoms. The first kappa shape index (κ1) is 22.8. The van der Waals surface area contributed by atoms with E-state index in [4.69, 9.17) is 9.84 Å². The largest absolute Gasteiger partial charge is 0.481 e. The van der Waals surface area contributed by atoms with Gasteiger partial charge in [0.15, 0.2) is 0 Å². The van der Waals surface area contributed by atoms with Crippen molar-refractivity contribution in [3.05, 3.63) is 59.7 Å². The van der Waals surface area contributed by atoms with Crippen molar-refractivity contribution in [2.45, 2.75) is 18.8 Å². The number of alkyl carbamates (subject to hydrolysis) is 1. The van der Waals surface area contributed by atoms with Gasteiger partial charge in [-0.15, -0.1) is 0 Å². The van der Waals surface area contributed by atoms with Crippen LogP contribution in [0.5, 0.6) is 0 Å². The molecule has 0 unspecified atom stereocenters. The van der Waals surface area contributed by atoms with Gasteiger partial charge in [-0.1, -0.05) is 48.5 Å². The first-order valence-electron chi connectivity index (χ1n) is 11.3. The maximum Gasteiger partial charge on any atom is 0.407 e. The van der Waals surface area contributed by atoms with Gasteiger partial charge in [0.2, 0.25) is 5.91 Å². The molecule has 1 aliphatic heterocycles. The van der Waals surface area contributed by atoms with Gasteiger partial charge < -0.3 is 20.1 Å². The number of aliphatic carboxylic acids is 1. The number of ether oxygens (including phenoxy) is 1. The highest BCUT2D eigenvalue weighted by Gasteiger charge is 2.29. The number of amides is 2. The molecule has 0 atom stereocenters. The van der Waals surface area contributed by atoms with Gasteiger partial charge in [-0.3, -0.25) is 14.5 Å². The maximum absolute atomic E-state index is 12.4. The Morgan fingerprint density at radius 1 is 0.909 bits per heavy atom. The van der Waals surface area contributed by atoms with Crippen LogP contribution in [0.1, 0.15) is 29.9 Å². The molecule has 0 saturated carbocycles. The van der Waals surface area contributed by atoms with Gasteiger partial charge in [-0.2, -0.15) is 0 Å². The summed E-state index contributed by atoms with van der Waals surface area (Å²) in [5, 5.41) is 11.5. The quantitative estimate of drug-likeness (QED) is 0.640. The van der Waals surface area contributed by atoms with Crippen molar-refractivity contribution < 1.29 is 24.2 Å². The minimum atomic E-state index is -0.812. The van der Waals surface area contributed by atoms with E-state index in [-0.39, 0.29) is 37.8 Å². The molecule has 2 aromatic carbocycles. The minimum Gasteiger partial charge on any atom is -0.481 e.